The molecule has 0 fully saturated rings. The van der Waals surface area contributed by atoms with Crippen LogP contribution in [0.25, 0.3) is 0 Å². The molecule has 3 rings (SSSR count). The van der Waals surface area contributed by atoms with E-state index < -0.39 is 0 Å². The summed E-state index contributed by atoms with van der Waals surface area (Å²) in [6.45, 7) is 2.40. The minimum Gasteiger partial charge on any atom is -0.495 e. The van der Waals surface area contributed by atoms with Gasteiger partial charge in [0.15, 0.2) is 0 Å². The van der Waals surface area contributed by atoms with E-state index in [0.29, 0.717) is 22.9 Å². The van der Waals surface area contributed by atoms with Crippen LogP contribution in [0.2, 0.25) is 10.0 Å². The first-order valence-corrected chi connectivity index (χ1v) is 9.11. The zero-order valence-corrected chi connectivity index (χ0v) is 16.0. The molecule has 0 saturated heterocycles. The van der Waals surface area contributed by atoms with Crippen LogP contribution >= 0.6 is 23.2 Å². The van der Waals surface area contributed by atoms with E-state index in [1.807, 2.05) is 30.3 Å². The monoisotopic (exact) mass is 390 g/mol. The number of methoxy groups -OCH3 is 1. The summed E-state index contributed by atoms with van der Waals surface area (Å²) in [7, 11) is 1.56. The summed E-state index contributed by atoms with van der Waals surface area (Å²) in [5.41, 5.74) is 2.56. The maximum atomic E-state index is 12.5. The average molecular weight is 391 g/mol. The zero-order chi connectivity index (χ0) is 18.5. The van der Waals surface area contributed by atoms with Gasteiger partial charge in [0.1, 0.15) is 5.75 Å². The quantitative estimate of drug-likeness (QED) is 0.798. The van der Waals surface area contributed by atoms with Crippen LogP contribution in [-0.2, 0) is 11.3 Å². The SMILES string of the molecule is COc1ccc(Cl)cc1NC(=O)C1=CCN(Cc2ccc(Cl)cc2)CC1. The predicted molar refractivity (Wildman–Crippen MR) is 106 cm³/mol. The summed E-state index contributed by atoms with van der Waals surface area (Å²) < 4.78 is 5.27. The van der Waals surface area contributed by atoms with Crippen molar-refractivity contribution in [2.75, 3.05) is 25.5 Å². The van der Waals surface area contributed by atoms with E-state index in [1.54, 1.807) is 25.3 Å². The topological polar surface area (TPSA) is 41.6 Å². The molecule has 4 nitrogen and oxygen atoms in total. The fraction of sp³-hybridized carbons (Fsp3) is 0.250. The zero-order valence-electron chi connectivity index (χ0n) is 14.5. The van der Waals surface area contributed by atoms with Crippen LogP contribution in [0.15, 0.2) is 54.1 Å². The van der Waals surface area contributed by atoms with Crippen molar-refractivity contribution in [2.45, 2.75) is 13.0 Å². The van der Waals surface area contributed by atoms with E-state index in [2.05, 4.69) is 10.2 Å². The maximum absolute atomic E-state index is 12.5. The summed E-state index contributed by atoms with van der Waals surface area (Å²) >= 11 is 11.9. The Bertz CT molecular complexity index is 819. The normalized spacial score (nSPS) is 14.7. The van der Waals surface area contributed by atoms with Gasteiger partial charge >= 0.3 is 0 Å². The number of benzene rings is 2. The minimum absolute atomic E-state index is 0.114. The standard InChI is InChI=1S/C20H20Cl2N2O2/c1-26-19-7-6-17(22)12-18(19)23-20(25)15-8-10-24(11-9-15)13-14-2-4-16(21)5-3-14/h2-8,12H,9-11,13H2,1H3,(H,23,25). The lowest BCUT2D eigenvalue weighted by atomic mass is 10.1. The Morgan fingerprint density at radius 1 is 1.15 bits per heavy atom. The number of ether oxygens (including phenoxy) is 1. The molecule has 0 aromatic heterocycles. The van der Waals surface area contributed by atoms with Gasteiger partial charge < -0.3 is 10.1 Å². The third-order valence-corrected chi connectivity index (χ3v) is 4.80. The van der Waals surface area contributed by atoms with Crippen LogP contribution in [0.5, 0.6) is 5.75 Å². The average Bonchev–Trinajstić information content (AvgIpc) is 2.64. The van der Waals surface area contributed by atoms with Crippen molar-refractivity contribution in [3.8, 4) is 5.75 Å². The van der Waals surface area contributed by atoms with Crippen molar-refractivity contribution < 1.29 is 9.53 Å². The lowest BCUT2D eigenvalue weighted by molar-refractivity contribution is -0.113. The van der Waals surface area contributed by atoms with Crippen molar-refractivity contribution in [3.05, 3.63) is 69.7 Å². The number of hydrogen-bond acceptors (Lipinski definition) is 3. The Labute approximate surface area is 163 Å². The Morgan fingerprint density at radius 3 is 2.54 bits per heavy atom. The molecule has 1 amide bonds. The molecule has 2 aromatic carbocycles. The van der Waals surface area contributed by atoms with Crippen LogP contribution < -0.4 is 10.1 Å². The Hall–Kier alpha value is -2.01. The molecule has 1 aliphatic rings. The molecule has 6 heteroatoms. The third-order valence-electron chi connectivity index (χ3n) is 4.31. The van der Waals surface area contributed by atoms with Crippen molar-refractivity contribution in [2.24, 2.45) is 0 Å². The number of hydrogen-bond donors (Lipinski definition) is 1. The molecule has 0 saturated carbocycles. The van der Waals surface area contributed by atoms with E-state index in [-0.39, 0.29) is 5.91 Å². The molecule has 0 spiro atoms. The molecule has 1 heterocycles. The lowest BCUT2D eigenvalue weighted by Gasteiger charge is -2.26. The molecule has 0 unspecified atom stereocenters. The number of anilines is 1. The lowest BCUT2D eigenvalue weighted by Crippen LogP contribution is -2.31. The smallest absolute Gasteiger partial charge is 0.251 e. The Kier molecular flexibility index (Phi) is 6.20. The van der Waals surface area contributed by atoms with E-state index in [1.165, 1.54) is 5.56 Å². The fourth-order valence-electron chi connectivity index (χ4n) is 2.89. The van der Waals surface area contributed by atoms with Gasteiger partial charge in [-0.1, -0.05) is 41.4 Å². The molecule has 0 radical (unpaired) electrons. The highest BCUT2D eigenvalue weighted by Gasteiger charge is 2.18. The highest BCUT2D eigenvalue weighted by molar-refractivity contribution is 6.31. The second kappa shape index (κ2) is 8.58. The maximum Gasteiger partial charge on any atom is 0.251 e. The van der Waals surface area contributed by atoms with Gasteiger partial charge in [-0.15, -0.1) is 0 Å². The first-order valence-electron chi connectivity index (χ1n) is 8.36. The van der Waals surface area contributed by atoms with Gasteiger partial charge in [0.2, 0.25) is 0 Å². The Balaban J connectivity index is 1.61. The molecular formula is C20H20Cl2N2O2. The largest absolute Gasteiger partial charge is 0.495 e. The van der Waals surface area contributed by atoms with Crippen LogP contribution in [0.3, 0.4) is 0 Å². The number of amides is 1. The molecule has 0 bridgehead atoms. The van der Waals surface area contributed by atoms with E-state index >= 15 is 0 Å². The van der Waals surface area contributed by atoms with Gasteiger partial charge in [-0.05, 0) is 42.3 Å². The molecule has 26 heavy (non-hydrogen) atoms. The predicted octanol–water partition coefficient (Wildman–Crippen LogP) is 4.77. The van der Waals surface area contributed by atoms with E-state index in [9.17, 15) is 4.79 Å². The summed E-state index contributed by atoms with van der Waals surface area (Å²) in [5.74, 6) is 0.472. The second-order valence-electron chi connectivity index (χ2n) is 6.14. The molecule has 0 atom stereocenters. The summed E-state index contributed by atoms with van der Waals surface area (Å²) in [4.78, 5) is 14.8. The van der Waals surface area contributed by atoms with E-state index in [0.717, 1.165) is 30.2 Å². The van der Waals surface area contributed by atoms with Gasteiger partial charge in [0.05, 0.1) is 12.8 Å². The number of nitrogens with one attached hydrogen (secondary N) is 1. The number of nitrogens with zero attached hydrogens (tertiary/aromatic N) is 1. The van der Waals surface area contributed by atoms with Gasteiger partial charge in [-0.2, -0.15) is 0 Å². The summed E-state index contributed by atoms with van der Waals surface area (Å²) in [5, 5.41) is 4.18. The van der Waals surface area contributed by atoms with Gasteiger partial charge in [0, 0.05) is 35.3 Å². The number of halogens is 2. The van der Waals surface area contributed by atoms with Gasteiger partial charge in [0.25, 0.3) is 5.91 Å². The number of carbonyl (C=O) groups is 1. The number of rotatable bonds is 5. The highest BCUT2D eigenvalue weighted by Crippen LogP contribution is 2.28. The van der Waals surface area contributed by atoms with Gasteiger partial charge in [-0.3, -0.25) is 9.69 Å². The summed E-state index contributed by atoms with van der Waals surface area (Å²) in [6, 6.07) is 13.0. The molecular weight excluding hydrogens is 371 g/mol. The number of carbonyl (C=O) groups excluding carboxylic acids is 1. The molecule has 136 valence electrons. The summed E-state index contributed by atoms with van der Waals surface area (Å²) in [6.07, 6.45) is 2.67. The molecule has 0 aliphatic carbocycles. The minimum atomic E-state index is -0.114. The molecule has 1 N–H and O–H groups in total. The van der Waals surface area contributed by atoms with Crippen molar-refractivity contribution in [1.29, 1.82) is 0 Å². The Morgan fingerprint density at radius 2 is 1.88 bits per heavy atom. The van der Waals surface area contributed by atoms with Crippen molar-refractivity contribution in [1.82, 2.24) is 4.90 Å². The molecule has 2 aromatic rings. The highest BCUT2D eigenvalue weighted by atomic mass is 35.5. The van der Waals surface area contributed by atoms with Gasteiger partial charge in [-0.25, -0.2) is 0 Å². The first kappa shape index (κ1) is 18.8. The molecule has 1 aliphatic heterocycles. The van der Waals surface area contributed by atoms with Crippen LogP contribution in [-0.4, -0.2) is 31.0 Å². The van der Waals surface area contributed by atoms with Crippen LogP contribution in [0.1, 0.15) is 12.0 Å². The third kappa shape index (κ3) is 4.79. The van der Waals surface area contributed by atoms with Crippen molar-refractivity contribution >= 4 is 34.8 Å². The van der Waals surface area contributed by atoms with Crippen LogP contribution in [0.4, 0.5) is 5.69 Å². The fourth-order valence-corrected chi connectivity index (χ4v) is 3.19. The van der Waals surface area contributed by atoms with Crippen LogP contribution in [0, 0.1) is 0 Å². The second-order valence-corrected chi connectivity index (χ2v) is 7.01. The first-order chi connectivity index (χ1) is 12.5. The van der Waals surface area contributed by atoms with Crippen molar-refractivity contribution in [3.63, 3.8) is 0 Å². The van der Waals surface area contributed by atoms with E-state index in [4.69, 9.17) is 27.9 Å².